The summed E-state index contributed by atoms with van der Waals surface area (Å²) < 4.78 is 46.7. The second-order valence-corrected chi connectivity index (χ2v) is 12.1. The van der Waals surface area contributed by atoms with Crippen molar-refractivity contribution in [1.82, 2.24) is 10.6 Å². The van der Waals surface area contributed by atoms with Gasteiger partial charge in [0.2, 0.25) is 17.5 Å². The topological polar surface area (TPSA) is 139 Å². The number of rotatable bonds is 12. The molecule has 0 saturated heterocycles. The van der Waals surface area contributed by atoms with Crippen LogP contribution >= 0.6 is 0 Å². The summed E-state index contributed by atoms with van der Waals surface area (Å²) in [7, 11) is 0. The van der Waals surface area contributed by atoms with Gasteiger partial charge in [-0.15, -0.1) is 0 Å². The minimum atomic E-state index is -1.64. The number of aryl methyl sites for hydroxylation is 1. The minimum Gasteiger partial charge on any atom is -0.481 e. The Hall–Kier alpha value is -4.22. The average molecular weight is 619 g/mol. The molecule has 238 valence electrons. The van der Waals surface area contributed by atoms with Crippen molar-refractivity contribution in [2.45, 2.75) is 83.7 Å². The molecule has 0 spiro atoms. The number of amides is 2. The van der Waals surface area contributed by atoms with Gasteiger partial charge in [0.05, 0.1) is 6.42 Å². The van der Waals surface area contributed by atoms with E-state index in [4.69, 9.17) is 4.74 Å². The van der Waals surface area contributed by atoms with E-state index in [0.29, 0.717) is 31.7 Å². The molecule has 3 rings (SSSR count). The molecule has 0 radical (unpaired) electrons. The van der Waals surface area contributed by atoms with Crippen molar-refractivity contribution >= 4 is 29.4 Å². The van der Waals surface area contributed by atoms with E-state index >= 15 is 0 Å². The number of carbonyl (C=O) groups excluding carboxylic acids is 4. The maximum atomic E-state index is 14.2. The lowest BCUT2D eigenvalue weighted by atomic mass is 9.82. The third-order valence-electron chi connectivity index (χ3n) is 7.60. The maximum absolute atomic E-state index is 14.2. The summed E-state index contributed by atoms with van der Waals surface area (Å²) in [5.41, 5.74) is 1.28. The van der Waals surface area contributed by atoms with E-state index in [-0.39, 0.29) is 23.4 Å². The van der Waals surface area contributed by atoms with Crippen molar-refractivity contribution in [3.8, 4) is 5.75 Å². The number of Topliss-reactive ketones (excluding diaryl/α,β-unsaturated/α-hetero) is 2. The van der Waals surface area contributed by atoms with Crippen molar-refractivity contribution in [3.05, 3.63) is 64.5 Å². The molecule has 1 aliphatic rings. The zero-order valence-corrected chi connectivity index (χ0v) is 25.1. The van der Waals surface area contributed by atoms with Gasteiger partial charge in [-0.3, -0.25) is 24.0 Å². The zero-order valence-electron chi connectivity index (χ0n) is 25.1. The maximum Gasteiger partial charge on any atom is 0.305 e. The first-order valence-electron chi connectivity index (χ1n) is 14.3. The molecule has 2 amide bonds. The van der Waals surface area contributed by atoms with Gasteiger partial charge in [0.15, 0.2) is 23.2 Å². The number of aliphatic carboxylic acids is 1. The molecular weight excluding hydrogens is 581 g/mol. The molecule has 1 saturated carbocycles. The van der Waals surface area contributed by atoms with E-state index in [9.17, 15) is 42.3 Å². The van der Waals surface area contributed by atoms with Crippen LogP contribution in [0.3, 0.4) is 0 Å². The molecule has 0 aliphatic heterocycles. The van der Waals surface area contributed by atoms with Crippen molar-refractivity contribution in [1.29, 1.82) is 0 Å². The second-order valence-electron chi connectivity index (χ2n) is 12.1. The van der Waals surface area contributed by atoms with Gasteiger partial charge < -0.3 is 20.5 Å². The van der Waals surface area contributed by atoms with Crippen LogP contribution in [0.2, 0.25) is 0 Å². The van der Waals surface area contributed by atoms with Gasteiger partial charge in [-0.25, -0.2) is 8.78 Å². The normalized spacial score (nSPS) is 17.3. The van der Waals surface area contributed by atoms with E-state index in [1.807, 2.05) is 45.0 Å². The summed E-state index contributed by atoms with van der Waals surface area (Å²) in [4.78, 5) is 62.3. The van der Waals surface area contributed by atoms with Crippen LogP contribution < -0.4 is 15.4 Å². The highest BCUT2D eigenvalue weighted by Gasteiger charge is 2.32. The molecule has 2 aromatic carbocycles. The number of hydrogen-bond acceptors (Lipinski definition) is 6. The van der Waals surface area contributed by atoms with Crippen LogP contribution in [-0.2, 0) is 35.8 Å². The van der Waals surface area contributed by atoms with Gasteiger partial charge >= 0.3 is 5.97 Å². The number of hydrogen-bond donors (Lipinski definition) is 3. The first kappa shape index (κ1) is 34.3. The standard InChI is InChI=1S/C32H37F3N2O7/c1-17-13-22(33)28(35)29(27(17)34)44-16-25(39)23(15-26(40)41)37-30(42)18-9-11-20(12-10-18)36-31(43)24(38)14-19-7-5-6-8-21(19)32(2,3)4/h5-8,13,18,20,23H,9-12,14-16H2,1-4H3,(H,36,43)(H,37,42)(H,40,41)/t18?,20?,23-/m0/s1. The highest BCUT2D eigenvalue weighted by molar-refractivity contribution is 6.36. The molecule has 0 aromatic heterocycles. The number of halogens is 3. The third kappa shape index (κ3) is 8.90. The highest BCUT2D eigenvalue weighted by Crippen LogP contribution is 2.28. The Kier molecular flexibility index (Phi) is 11.3. The van der Waals surface area contributed by atoms with E-state index in [1.165, 1.54) is 6.92 Å². The molecule has 0 unspecified atom stereocenters. The van der Waals surface area contributed by atoms with Gasteiger partial charge in [0.1, 0.15) is 12.6 Å². The van der Waals surface area contributed by atoms with E-state index < -0.39 is 77.5 Å². The predicted octanol–water partition coefficient (Wildman–Crippen LogP) is 4.10. The summed E-state index contributed by atoms with van der Waals surface area (Å²) in [6, 6.07) is 6.16. The molecule has 3 N–H and O–H groups in total. The summed E-state index contributed by atoms with van der Waals surface area (Å²) in [6.45, 7) is 6.23. The van der Waals surface area contributed by atoms with Crippen LogP contribution in [-0.4, -0.2) is 53.1 Å². The molecule has 1 atom stereocenters. The Morgan fingerprint density at radius 2 is 1.64 bits per heavy atom. The van der Waals surface area contributed by atoms with Crippen LogP contribution in [0.1, 0.15) is 69.6 Å². The molecule has 12 heteroatoms. The monoisotopic (exact) mass is 618 g/mol. The minimum absolute atomic E-state index is 0.0438. The molecule has 44 heavy (non-hydrogen) atoms. The predicted molar refractivity (Wildman–Crippen MR) is 153 cm³/mol. The van der Waals surface area contributed by atoms with Crippen LogP contribution in [0, 0.1) is 30.3 Å². The Bertz CT molecular complexity index is 1400. The van der Waals surface area contributed by atoms with Crippen LogP contribution in [0.5, 0.6) is 5.75 Å². The number of ketones is 2. The van der Waals surface area contributed by atoms with Gasteiger partial charge in [0.25, 0.3) is 5.91 Å². The first-order chi connectivity index (χ1) is 20.6. The number of carbonyl (C=O) groups is 5. The highest BCUT2D eigenvalue weighted by atomic mass is 19.2. The lowest BCUT2D eigenvalue weighted by Crippen LogP contribution is -2.48. The molecule has 1 aliphatic carbocycles. The fourth-order valence-electron chi connectivity index (χ4n) is 5.21. The number of carboxylic acid groups (broad SMARTS) is 1. The zero-order chi connectivity index (χ0) is 32.8. The van der Waals surface area contributed by atoms with Crippen LogP contribution in [0.15, 0.2) is 30.3 Å². The molecule has 1 fully saturated rings. The third-order valence-corrected chi connectivity index (χ3v) is 7.60. The fourth-order valence-corrected chi connectivity index (χ4v) is 5.21. The van der Waals surface area contributed by atoms with Gasteiger partial charge in [0, 0.05) is 18.4 Å². The number of benzene rings is 2. The first-order valence-corrected chi connectivity index (χ1v) is 14.3. The van der Waals surface area contributed by atoms with Crippen molar-refractivity contribution in [2.75, 3.05) is 6.61 Å². The largest absolute Gasteiger partial charge is 0.481 e. The van der Waals surface area contributed by atoms with E-state index in [0.717, 1.165) is 11.1 Å². The second kappa shape index (κ2) is 14.5. The lowest BCUT2D eigenvalue weighted by molar-refractivity contribution is -0.141. The fraction of sp³-hybridized carbons (Fsp3) is 0.469. The Morgan fingerprint density at radius 3 is 2.25 bits per heavy atom. The summed E-state index contributed by atoms with van der Waals surface area (Å²) in [6.07, 6.45) is 0.467. The Balaban J connectivity index is 1.53. The summed E-state index contributed by atoms with van der Waals surface area (Å²) in [5.74, 6) is -10.3. The number of ether oxygens (including phenoxy) is 1. The van der Waals surface area contributed by atoms with Crippen molar-refractivity contribution in [3.63, 3.8) is 0 Å². The molecule has 2 aromatic rings. The Labute approximate surface area is 253 Å². The number of carboxylic acids is 1. The van der Waals surface area contributed by atoms with Crippen LogP contribution in [0.25, 0.3) is 0 Å². The Morgan fingerprint density at radius 1 is 1.00 bits per heavy atom. The van der Waals surface area contributed by atoms with Crippen molar-refractivity contribution < 1.29 is 47.0 Å². The quantitative estimate of drug-likeness (QED) is 0.241. The molecule has 9 nitrogen and oxygen atoms in total. The SMILES string of the molecule is Cc1cc(F)c(F)c(OCC(=O)[C@H](CC(=O)O)NC(=O)C2CCC(NC(=O)C(=O)Cc3ccccc3C(C)(C)C)CC2)c1F. The van der Waals surface area contributed by atoms with E-state index in [2.05, 4.69) is 10.6 Å². The summed E-state index contributed by atoms with van der Waals surface area (Å²) in [5, 5.41) is 14.3. The van der Waals surface area contributed by atoms with Crippen LogP contribution in [0.4, 0.5) is 13.2 Å². The van der Waals surface area contributed by atoms with E-state index in [1.54, 1.807) is 0 Å². The van der Waals surface area contributed by atoms with Gasteiger partial charge in [-0.2, -0.15) is 4.39 Å². The molecular formula is C32H37F3N2O7. The number of nitrogens with one attached hydrogen (secondary N) is 2. The van der Waals surface area contributed by atoms with Gasteiger partial charge in [-0.05, 0) is 60.8 Å². The van der Waals surface area contributed by atoms with Gasteiger partial charge in [-0.1, -0.05) is 45.0 Å². The molecule has 0 heterocycles. The smallest absolute Gasteiger partial charge is 0.305 e. The lowest BCUT2D eigenvalue weighted by Gasteiger charge is -2.29. The summed E-state index contributed by atoms with van der Waals surface area (Å²) >= 11 is 0. The average Bonchev–Trinajstić information content (AvgIpc) is 2.95. The van der Waals surface area contributed by atoms with Crippen molar-refractivity contribution in [2.24, 2.45) is 5.92 Å². The molecule has 0 bridgehead atoms.